The van der Waals surface area contributed by atoms with E-state index in [1.807, 2.05) is 66.7 Å². The van der Waals surface area contributed by atoms with Crippen molar-refractivity contribution >= 4 is 23.8 Å². The van der Waals surface area contributed by atoms with Gasteiger partial charge in [-0.1, -0.05) is 59.2 Å². The number of carbonyl (C=O) groups is 1. The number of aliphatic carboxylic acids is 1. The Morgan fingerprint density at radius 3 is 2.53 bits per heavy atom. The molecule has 1 N–H and O–H groups in total. The van der Waals surface area contributed by atoms with Gasteiger partial charge in [-0.25, -0.2) is 0 Å². The third-order valence-corrected chi connectivity index (χ3v) is 4.75. The van der Waals surface area contributed by atoms with Gasteiger partial charge in [0, 0.05) is 23.2 Å². The van der Waals surface area contributed by atoms with Gasteiger partial charge in [-0.15, -0.1) is 0 Å². The SMILES string of the molecule is COc1ccc(-c2cccc(CC(=O)O)c2)cc1CC=NOCc1ccc(Cl)cc1. The van der Waals surface area contributed by atoms with Crippen LogP contribution in [0, 0.1) is 0 Å². The molecule has 5 nitrogen and oxygen atoms in total. The largest absolute Gasteiger partial charge is 0.496 e. The van der Waals surface area contributed by atoms with Crippen LogP contribution in [0.4, 0.5) is 0 Å². The minimum Gasteiger partial charge on any atom is -0.496 e. The summed E-state index contributed by atoms with van der Waals surface area (Å²) in [7, 11) is 1.63. The number of benzene rings is 3. The first-order valence-corrected chi connectivity index (χ1v) is 9.79. The van der Waals surface area contributed by atoms with Crippen LogP contribution >= 0.6 is 11.6 Å². The van der Waals surface area contributed by atoms with E-state index in [1.165, 1.54) is 0 Å². The molecule has 0 unspecified atom stereocenters. The molecule has 0 bridgehead atoms. The first-order valence-electron chi connectivity index (χ1n) is 9.41. The fraction of sp³-hybridized carbons (Fsp3) is 0.167. The summed E-state index contributed by atoms with van der Waals surface area (Å²) in [5, 5.41) is 13.7. The van der Waals surface area contributed by atoms with Crippen LogP contribution in [0.5, 0.6) is 5.75 Å². The molecule has 0 aliphatic heterocycles. The van der Waals surface area contributed by atoms with Gasteiger partial charge in [-0.3, -0.25) is 4.79 Å². The summed E-state index contributed by atoms with van der Waals surface area (Å²) in [5.74, 6) is -0.0954. The summed E-state index contributed by atoms with van der Waals surface area (Å²) >= 11 is 5.87. The van der Waals surface area contributed by atoms with Gasteiger partial charge >= 0.3 is 5.97 Å². The first kappa shape index (κ1) is 21.4. The second-order valence-electron chi connectivity index (χ2n) is 6.69. The van der Waals surface area contributed by atoms with Gasteiger partial charge in [-0.2, -0.15) is 0 Å². The molecular weight excluding hydrogens is 402 g/mol. The van der Waals surface area contributed by atoms with Crippen molar-refractivity contribution < 1.29 is 19.5 Å². The lowest BCUT2D eigenvalue weighted by Crippen LogP contribution is -2.00. The molecule has 0 heterocycles. The minimum atomic E-state index is -0.850. The summed E-state index contributed by atoms with van der Waals surface area (Å²) in [6.07, 6.45) is 2.22. The molecule has 30 heavy (non-hydrogen) atoms. The van der Waals surface area contributed by atoms with Gasteiger partial charge in [0.1, 0.15) is 12.4 Å². The fourth-order valence-electron chi connectivity index (χ4n) is 3.03. The Morgan fingerprint density at radius 2 is 1.80 bits per heavy atom. The summed E-state index contributed by atoms with van der Waals surface area (Å²) in [6, 6.07) is 20.8. The lowest BCUT2D eigenvalue weighted by atomic mass is 9.99. The van der Waals surface area contributed by atoms with Gasteiger partial charge in [0.25, 0.3) is 0 Å². The summed E-state index contributed by atoms with van der Waals surface area (Å²) in [4.78, 5) is 16.3. The summed E-state index contributed by atoms with van der Waals surface area (Å²) in [6.45, 7) is 0.362. The number of hydrogen-bond acceptors (Lipinski definition) is 4. The average Bonchev–Trinajstić information content (AvgIpc) is 2.74. The second kappa shape index (κ2) is 10.5. The van der Waals surface area contributed by atoms with Gasteiger partial charge in [0.15, 0.2) is 0 Å². The summed E-state index contributed by atoms with van der Waals surface area (Å²) in [5.41, 5.74) is 4.63. The van der Waals surface area contributed by atoms with Crippen molar-refractivity contribution in [3.8, 4) is 16.9 Å². The van der Waals surface area contributed by atoms with Crippen LogP contribution in [0.2, 0.25) is 5.02 Å². The number of rotatable bonds is 9. The Balaban J connectivity index is 1.68. The van der Waals surface area contributed by atoms with Crippen molar-refractivity contribution in [2.24, 2.45) is 5.16 Å². The molecule has 0 amide bonds. The maximum Gasteiger partial charge on any atom is 0.307 e. The molecular formula is C24H22ClNO4. The lowest BCUT2D eigenvalue weighted by molar-refractivity contribution is -0.136. The Hall–Kier alpha value is -3.31. The van der Waals surface area contributed by atoms with Crippen molar-refractivity contribution in [1.82, 2.24) is 0 Å². The van der Waals surface area contributed by atoms with Crippen LogP contribution in [0.15, 0.2) is 71.9 Å². The van der Waals surface area contributed by atoms with E-state index in [4.69, 9.17) is 26.3 Å². The molecule has 154 valence electrons. The Kier molecular flexibility index (Phi) is 7.46. The highest BCUT2D eigenvalue weighted by Gasteiger charge is 2.07. The lowest BCUT2D eigenvalue weighted by Gasteiger charge is -2.10. The van der Waals surface area contributed by atoms with Gasteiger partial charge < -0.3 is 14.7 Å². The Labute approximate surface area is 180 Å². The van der Waals surface area contributed by atoms with Crippen LogP contribution in [0.25, 0.3) is 11.1 Å². The van der Waals surface area contributed by atoms with Gasteiger partial charge in [0.05, 0.1) is 13.5 Å². The number of methoxy groups -OCH3 is 1. The van der Waals surface area contributed by atoms with E-state index in [0.29, 0.717) is 18.1 Å². The van der Waals surface area contributed by atoms with Gasteiger partial charge in [0.2, 0.25) is 0 Å². The highest BCUT2D eigenvalue weighted by Crippen LogP contribution is 2.27. The molecule has 0 saturated carbocycles. The molecule has 0 aliphatic carbocycles. The number of carboxylic acids is 1. The Bertz CT molecular complexity index is 1030. The molecule has 0 aliphatic rings. The third-order valence-electron chi connectivity index (χ3n) is 4.50. The van der Waals surface area contributed by atoms with Crippen LogP contribution in [-0.4, -0.2) is 24.4 Å². The zero-order valence-electron chi connectivity index (χ0n) is 16.5. The predicted octanol–water partition coefficient (Wildman–Crippen LogP) is 5.39. The van der Waals surface area contributed by atoms with Crippen molar-refractivity contribution in [3.63, 3.8) is 0 Å². The average molecular weight is 424 g/mol. The highest BCUT2D eigenvalue weighted by molar-refractivity contribution is 6.30. The number of oxime groups is 1. The highest BCUT2D eigenvalue weighted by atomic mass is 35.5. The first-order chi connectivity index (χ1) is 14.5. The molecule has 3 aromatic carbocycles. The minimum absolute atomic E-state index is 0.00549. The monoisotopic (exact) mass is 423 g/mol. The Morgan fingerprint density at radius 1 is 1.03 bits per heavy atom. The standard InChI is InChI=1S/C24H22ClNO4/c1-29-23-10-7-20(19-4-2-3-18(13-19)14-24(27)28)15-21(23)11-12-26-30-16-17-5-8-22(25)9-6-17/h2-10,12-13,15H,11,14,16H2,1H3,(H,27,28). The molecule has 0 atom stereocenters. The zero-order valence-corrected chi connectivity index (χ0v) is 17.3. The molecule has 0 fully saturated rings. The fourth-order valence-corrected chi connectivity index (χ4v) is 3.16. The molecule has 0 aromatic heterocycles. The van der Waals surface area contributed by atoms with Crippen molar-refractivity contribution in [2.75, 3.05) is 7.11 Å². The molecule has 6 heteroatoms. The number of ether oxygens (including phenoxy) is 1. The number of nitrogens with zero attached hydrogens (tertiary/aromatic N) is 1. The summed E-state index contributed by atoms with van der Waals surface area (Å²) < 4.78 is 5.46. The van der Waals surface area contributed by atoms with E-state index >= 15 is 0 Å². The molecule has 0 spiro atoms. The normalized spacial score (nSPS) is 10.9. The van der Waals surface area contributed by atoms with Gasteiger partial charge in [-0.05, 0) is 46.5 Å². The number of halogens is 1. The van der Waals surface area contributed by atoms with Crippen LogP contribution < -0.4 is 4.74 Å². The van der Waals surface area contributed by atoms with Crippen LogP contribution in [-0.2, 0) is 29.1 Å². The second-order valence-corrected chi connectivity index (χ2v) is 7.13. The molecule has 3 rings (SSSR count). The van der Waals surface area contributed by atoms with E-state index in [0.717, 1.165) is 33.6 Å². The van der Waals surface area contributed by atoms with Crippen molar-refractivity contribution in [1.29, 1.82) is 0 Å². The quantitative estimate of drug-likeness (QED) is 0.370. The molecule has 0 radical (unpaired) electrons. The zero-order chi connectivity index (χ0) is 21.3. The van der Waals surface area contributed by atoms with Crippen LogP contribution in [0.1, 0.15) is 16.7 Å². The molecule has 3 aromatic rings. The van der Waals surface area contributed by atoms with Crippen molar-refractivity contribution in [3.05, 3.63) is 88.4 Å². The molecule has 0 saturated heterocycles. The van der Waals surface area contributed by atoms with Crippen LogP contribution in [0.3, 0.4) is 0 Å². The van der Waals surface area contributed by atoms with Crippen molar-refractivity contribution in [2.45, 2.75) is 19.4 Å². The van der Waals surface area contributed by atoms with E-state index in [-0.39, 0.29) is 6.42 Å². The maximum absolute atomic E-state index is 11.0. The topological polar surface area (TPSA) is 68.1 Å². The number of hydrogen-bond donors (Lipinski definition) is 1. The van der Waals surface area contributed by atoms with E-state index < -0.39 is 5.97 Å². The smallest absolute Gasteiger partial charge is 0.307 e. The maximum atomic E-state index is 11.0. The van der Waals surface area contributed by atoms with E-state index in [1.54, 1.807) is 13.3 Å². The van der Waals surface area contributed by atoms with E-state index in [9.17, 15) is 4.79 Å². The predicted molar refractivity (Wildman–Crippen MR) is 118 cm³/mol. The number of carboxylic acid groups (broad SMARTS) is 1. The third kappa shape index (κ3) is 6.09. The van der Waals surface area contributed by atoms with E-state index in [2.05, 4.69) is 5.16 Å².